The third-order valence-electron chi connectivity index (χ3n) is 2.31. The third kappa shape index (κ3) is 1.17. The molecular weight excluding hydrogens is 108 g/mol. The molecule has 0 aliphatic heterocycles. The molecule has 1 unspecified atom stereocenters. The van der Waals surface area contributed by atoms with E-state index in [1.54, 1.807) is 0 Å². The summed E-state index contributed by atoms with van der Waals surface area (Å²) in [5, 5.41) is 0. The minimum absolute atomic E-state index is 0.510. The molecule has 52 valence electrons. The first-order valence-electron chi connectivity index (χ1n) is 3.86. The molecule has 0 N–H and O–H groups in total. The van der Waals surface area contributed by atoms with Gasteiger partial charge in [0.1, 0.15) is 0 Å². The molecule has 0 saturated heterocycles. The molecule has 0 bridgehead atoms. The van der Waals surface area contributed by atoms with E-state index in [0.717, 1.165) is 5.92 Å². The number of allylic oxidation sites excluding steroid dienone is 2. The zero-order valence-electron chi connectivity index (χ0n) is 6.65. The molecule has 0 heterocycles. The summed E-state index contributed by atoms with van der Waals surface area (Å²) in [6.07, 6.45) is 7.33. The van der Waals surface area contributed by atoms with Crippen LogP contribution < -0.4 is 0 Å². The molecule has 0 radical (unpaired) electrons. The lowest BCUT2D eigenvalue weighted by atomic mass is 9.68. The summed E-state index contributed by atoms with van der Waals surface area (Å²) >= 11 is 0. The van der Waals surface area contributed by atoms with Gasteiger partial charge in [-0.3, -0.25) is 0 Å². The molecule has 0 fully saturated rings. The quantitative estimate of drug-likeness (QED) is 0.496. The maximum Gasteiger partial charge on any atom is -0.0112 e. The van der Waals surface area contributed by atoms with Crippen molar-refractivity contribution in [3.63, 3.8) is 0 Å². The molecule has 9 heavy (non-hydrogen) atoms. The van der Waals surface area contributed by atoms with E-state index in [4.69, 9.17) is 0 Å². The standard InChI is InChI=1S/C9H16/c1-4-5-8-6-7-9(8,2)3/h6-8H,4-5H2,1-3H3. The lowest BCUT2D eigenvalue weighted by Gasteiger charge is -2.37. The number of hydrogen-bond donors (Lipinski definition) is 0. The molecule has 0 heteroatoms. The van der Waals surface area contributed by atoms with Gasteiger partial charge in [-0.2, -0.15) is 0 Å². The van der Waals surface area contributed by atoms with E-state index in [9.17, 15) is 0 Å². The van der Waals surface area contributed by atoms with Crippen LogP contribution in [0.3, 0.4) is 0 Å². The predicted molar refractivity (Wildman–Crippen MR) is 41.3 cm³/mol. The van der Waals surface area contributed by atoms with Gasteiger partial charge in [0.2, 0.25) is 0 Å². The molecule has 0 aromatic rings. The van der Waals surface area contributed by atoms with Crippen LogP contribution in [0.25, 0.3) is 0 Å². The Labute approximate surface area is 58.0 Å². The lowest BCUT2D eigenvalue weighted by Crippen LogP contribution is -2.27. The van der Waals surface area contributed by atoms with Gasteiger partial charge in [-0.15, -0.1) is 0 Å². The Morgan fingerprint density at radius 3 is 2.22 bits per heavy atom. The van der Waals surface area contributed by atoms with Crippen molar-refractivity contribution in [1.29, 1.82) is 0 Å². The van der Waals surface area contributed by atoms with E-state index in [0.29, 0.717) is 5.41 Å². The lowest BCUT2D eigenvalue weighted by molar-refractivity contribution is 0.279. The maximum absolute atomic E-state index is 2.34. The van der Waals surface area contributed by atoms with Crippen LogP contribution in [0, 0.1) is 11.3 Å². The highest BCUT2D eigenvalue weighted by Crippen LogP contribution is 2.40. The van der Waals surface area contributed by atoms with Gasteiger partial charge in [0.15, 0.2) is 0 Å². The normalized spacial score (nSPS) is 29.9. The van der Waals surface area contributed by atoms with Gasteiger partial charge in [-0.25, -0.2) is 0 Å². The summed E-state index contributed by atoms with van der Waals surface area (Å²) in [6.45, 7) is 6.88. The van der Waals surface area contributed by atoms with Crippen molar-refractivity contribution in [1.82, 2.24) is 0 Å². The van der Waals surface area contributed by atoms with Crippen LogP contribution in [-0.2, 0) is 0 Å². The Balaban J connectivity index is 2.39. The summed E-state index contributed by atoms with van der Waals surface area (Å²) in [4.78, 5) is 0. The van der Waals surface area contributed by atoms with E-state index >= 15 is 0 Å². The van der Waals surface area contributed by atoms with Crippen molar-refractivity contribution >= 4 is 0 Å². The third-order valence-corrected chi connectivity index (χ3v) is 2.31. The second-order valence-corrected chi connectivity index (χ2v) is 3.58. The van der Waals surface area contributed by atoms with E-state index in [-0.39, 0.29) is 0 Å². The Morgan fingerprint density at radius 2 is 2.11 bits per heavy atom. The van der Waals surface area contributed by atoms with Crippen LogP contribution in [0.1, 0.15) is 33.6 Å². The van der Waals surface area contributed by atoms with Gasteiger partial charge in [0, 0.05) is 0 Å². The van der Waals surface area contributed by atoms with Crippen molar-refractivity contribution in [2.75, 3.05) is 0 Å². The van der Waals surface area contributed by atoms with Crippen molar-refractivity contribution in [3.05, 3.63) is 12.2 Å². The smallest absolute Gasteiger partial charge is 0.0112 e. The molecule has 1 aliphatic carbocycles. The minimum atomic E-state index is 0.510. The second-order valence-electron chi connectivity index (χ2n) is 3.58. The molecular formula is C9H16. The van der Waals surface area contributed by atoms with Gasteiger partial charge in [0.05, 0.1) is 0 Å². The molecule has 1 aliphatic rings. The number of rotatable bonds is 2. The minimum Gasteiger partial charge on any atom is -0.0840 e. The highest BCUT2D eigenvalue weighted by Gasteiger charge is 2.30. The Morgan fingerprint density at radius 1 is 1.44 bits per heavy atom. The van der Waals surface area contributed by atoms with E-state index in [1.165, 1.54) is 12.8 Å². The van der Waals surface area contributed by atoms with Crippen LogP contribution in [0.2, 0.25) is 0 Å². The Kier molecular flexibility index (Phi) is 1.65. The first-order chi connectivity index (χ1) is 4.17. The molecule has 0 spiro atoms. The summed E-state index contributed by atoms with van der Waals surface area (Å²) in [5.41, 5.74) is 0.510. The SMILES string of the molecule is CCCC1C=CC1(C)C. The Hall–Kier alpha value is -0.260. The van der Waals surface area contributed by atoms with Crippen molar-refractivity contribution in [2.24, 2.45) is 11.3 Å². The number of hydrogen-bond acceptors (Lipinski definition) is 0. The van der Waals surface area contributed by atoms with Crippen molar-refractivity contribution in [2.45, 2.75) is 33.6 Å². The van der Waals surface area contributed by atoms with Crippen LogP contribution in [0.5, 0.6) is 0 Å². The highest BCUT2D eigenvalue weighted by molar-refractivity contribution is 5.14. The maximum atomic E-state index is 2.34. The monoisotopic (exact) mass is 124 g/mol. The fourth-order valence-corrected chi connectivity index (χ4v) is 1.40. The largest absolute Gasteiger partial charge is 0.0840 e. The van der Waals surface area contributed by atoms with Crippen LogP contribution in [-0.4, -0.2) is 0 Å². The molecule has 0 saturated carbocycles. The zero-order valence-corrected chi connectivity index (χ0v) is 6.65. The van der Waals surface area contributed by atoms with Gasteiger partial charge >= 0.3 is 0 Å². The average Bonchev–Trinajstić information content (AvgIpc) is 1.81. The molecule has 0 aromatic carbocycles. The molecule has 0 aromatic heterocycles. The predicted octanol–water partition coefficient (Wildman–Crippen LogP) is 3.00. The molecule has 0 amide bonds. The van der Waals surface area contributed by atoms with Gasteiger partial charge in [0.25, 0.3) is 0 Å². The molecule has 0 nitrogen and oxygen atoms in total. The average molecular weight is 124 g/mol. The van der Waals surface area contributed by atoms with Gasteiger partial charge < -0.3 is 0 Å². The van der Waals surface area contributed by atoms with Gasteiger partial charge in [-0.05, 0) is 17.8 Å². The Bertz CT molecular complexity index is 120. The first kappa shape index (κ1) is 6.85. The fraction of sp³-hybridized carbons (Fsp3) is 0.778. The van der Waals surface area contributed by atoms with Crippen LogP contribution in [0.15, 0.2) is 12.2 Å². The topological polar surface area (TPSA) is 0 Å². The molecule has 1 atom stereocenters. The highest BCUT2D eigenvalue weighted by atomic mass is 14.3. The van der Waals surface area contributed by atoms with E-state index in [1.807, 2.05) is 0 Å². The summed E-state index contributed by atoms with van der Waals surface area (Å²) in [7, 11) is 0. The van der Waals surface area contributed by atoms with E-state index < -0.39 is 0 Å². The summed E-state index contributed by atoms with van der Waals surface area (Å²) < 4.78 is 0. The van der Waals surface area contributed by atoms with Gasteiger partial charge in [-0.1, -0.05) is 39.3 Å². The van der Waals surface area contributed by atoms with Crippen molar-refractivity contribution in [3.8, 4) is 0 Å². The molecule has 1 rings (SSSR count). The summed E-state index contributed by atoms with van der Waals surface area (Å²) in [5.74, 6) is 0.863. The summed E-state index contributed by atoms with van der Waals surface area (Å²) in [6, 6.07) is 0. The van der Waals surface area contributed by atoms with Crippen LogP contribution in [0.4, 0.5) is 0 Å². The van der Waals surface area contributed by atoms with Crippen LogP contribution >= 0.6 is 0 Å². The van der Waals surface area contributed by atoms with Crippen molar-refractivity contribution < 1.29 is 0 Å². The first-order valence-corrected chi connectivity index (χ1v) is 3.86. The van der Waals surface area contributed by atoms with E-state index in [2.05, 4.69) is 32.9 Å². The second kappa shape index (κ2) is 2.17. The zero-order chi connectivity index (χ0) is 6.91. The fourth-order valence-electron chi connectivity index (χ4n) is 1.40.